The maximum absolute atomic E-state index is 12.0. The zero-order valence-corrected chi connectivity index (χ0v) is 17.7. The van der Waals surface area contributed by atoms with E-state index in [2.05, 4.69) is 10.2 Å². The van der Waals surface area contributed by atoms with Crippen molar-refractivity contribution in [3.8, 4) is 22.9 Å². The van der Waals surface area contributed by atoms with Crippen molar-refractivity contribution >= 4 is 22.7 Å². The number of thioether (sulfide) groups is 1. The fraction of sp³-hybridized carbons (Fsp3) is 0.227. The zero-order valence-electron chi connectivity index (χ0n) is 16.9. The van der Waals surface area contributed by atoms with Crippen LogP contribution in [0.5, 0.6) is 11.5 Å². The molecule has 2 aromatic carbocycles. The van der Waals surface area contributed by atoms with Gasteiger partial charge in [-0.2, -0.15) is 0 Å². The van der Waals surface area contributed by atoms with Crippen molar-refractivity contribution < 1.29 is 14.3 Å². The fourth-order valence-corrected chi connectivity index (χ4v) is 4.19. The molecule has 30 heavy (non-hydrogen) atoms. The highest BCUT2D eigenvalue weighted by molar-refractivity contribution is 7.98. The first-order valence-electron chi connectivity index (χ1n) is 9.45. The number of aromatic hydroxyl groups is 1. The van der Waals surface area contributed by atoms with Gasteiger partial charge in [-0.1, -0.05) is 18.7 Å². The lowest BCUT2D eigenvalue weighted by atomic mass is 10.1. The number of nitrogens with zero attached hydrogens (tertiary/aromatic N) is 3. The van der Waals surface area contributed by atoms with Crippen molar-refractivity contribution in [3.05, 3.63) is 64.0 Å². The largest absolute Gasteiger partial charge is 0.508 e. The third kappa shape index (κ3) is 3.78. The molecular weight excluding hydrogens is 402 g/mol. The van der Waals surface area contributed by atoms with Crippen LogP contribution in [0.15, 0.2) is 56.8 Å². The summed E-state index contributed by atoms with van der Waals surface area (Å²) < 4.78 is 12.4. The average Bonchev–Trinajstić information content (AvgIpc) is 3.11. The molecule has 8 heteroatoms. The number of ether oxygens (including phenoxy) is 1. The molecule has 7 nitrogen and oxygen atoms in total. The summed E-state index contributed by atoms with van der Waals surface area (Å²) in [6, 6.07) is 12.5. The second kappa shape index (κ2) is 8.23. The van der Waals surface area contributed by atoms with Gasteiger partial charge >= 0.3 is 5.63 Å². The van der Waals surface area contributed by atoms with Gasteiger partial charge < -0.3 is 18.8 Å². The van der Waals surface area contributed by atoms with Gasteiger partial charge in [-0.25, -0.2) is 4.79 Å². The molecule has 0 unspecified atom stereocenters. The first-order valence-corrected chi connectivity index (χ1v) is 10.4. The number of phenols is 1. The molecule has 4 rings (SSSR count). The second-order valence-corrected chi connectivity index (χ2v) is 7.75. The molecule has 0 aliphatic carbocycles. The minimum atomic E-state index is -0.446. The monoisotopic (exact) mass is 423 g/mol. The summed E-state index contributed by atoms with van der Waals surface area (Å²) in [4.78, 5) is 12.0. The topological polar surface area (TPSA) is 90.4 Å². The Morgan fingerprint density at radius 1 is 1.13 bits per heavy atom. The summed E-state index contributed by atoms with van der Waals surface area (Å²) in [6.07, 6.45) is 0.683. The van der Waals surface area contributed by atoms with Crippen LogP contribution in [0.4, 0.5) is 0 Å². The Balaban J connectivity index is 1.63. The van der Waals surface area contributed by atoms with E-state index in [0.717, 1.165) is 38.8 Å². The maximum Gasteiger partial charge on any atom is 0.336 e. The highest BCUT2D eigenvalue weighted by Gasteiger charge is 2.14. The van der Waals surface area contributed by atoms with Crippen LogP contribution < -0.4 is 10.4 Å². The Morgan fingerprint density at radius 2 is 1.90 bits per heavy atom. The van der Waals surface area contributed by atoms with E-state index >= 15 is 0 Å². The smallest absolute Gasteiger partial charge is 0.336 e. The zero-order chi connectivity index (χ0) is 21.3. The molecule has 2 heterocycles. The second-order valence-electron chi connectivity index (χ2n) is 6.80. The number of hydrogen-bond acceptors (Lipinski definition) is 7. The number of fused-ring (bicyclic) bond motifs is 1. The van der Waals surface area contributed by atoms with Gasteiger partial charge in [0.05, 0.1) is 7.11 Å². The minimum Gasteiger partial charge on any atom is -0.508 e. The Labute approximate surface area is 177 Å². The van der Waals surface area contributed by atoms with Gasteiger partial charge in [0.15, 0.2) is 11.0 Å². The third-order valence-corrected chi connectivity index (χ3v) is 6.02. The molecule has 4 aromatic rings. The van der Waals surface area contributed by atoms with E-state index in [1.54, 1.807) is 7.11 Å². The number of rotatable bonds is 6. The normalized spacial score (nSPS) is 11.2. The fourth-order valence-electron chi connectivity index (χ4n) is 3.28. The number of aromatic nitrogens is 3. The first kappa shape index (κ1) is 20.0. The van der Waals surface area contributed by atoms with Gasteiger partial charge in [0.2, 0.25) is 0 Å². The first-order chi connectivity index (χ1) is 14.5. The molecule has 0 radical (unpaired) electrons. The van der Waals surface area contributed by atoms with E-state index in [-0.39, 0.29) is 5.75 Å². The standard InChI is InChI=1S/C22H21N3O4S/c1-4-13-9-17-15(10-20(27)29-19(17)11-18(13)26)12-30-22-24-23-21(25(22)2)14-5-7-16(28-3)8-6-14/h5-11,26H,4,12H2,1-3H3. The van der Waals surface area contributed by atoms with E-state index in [1.807, 2.05) is 48.9 Å². The van der Waals surface area contributed by atoms with E-state index < -0.39 is 5.63 Å². The summed E-state index contributed by atoms with van der Waals surface area (Å²) in [5.41, 5.74) is 2.51. The summed E-state index contributed by atoms with van der Waals surface area (Å²) in [5, 5.41) is 20.2. The van der Waals surface area contributed by atoms with Gasteiger partial charge in [0.25, 0.3) is 0 Å². The van der Waals surface area contributed by atoms with Crippen LogP contribution >= 0.6 is 11.8 Å². The lowest BCUT2D eigenvalue weighted by Gasteiger charge is -2.09. The van der Waals surface area contributed by atoms with Crippen LogP contribution in [0.1, 0.15) is 18.1 Å². The molecule has 154 valence electrons. The van der Waals surface area contributed by atoms with E-state index in [0.29, 0.717) is 17.8 Å². The average molecular weight is 423 g/mol. The quantitative estimate of drug-likeness (QED) is 0.368. The Morgan fingerprint density at radius 3 is 2.60 bits per heavy atom. The minimum absolute atomic E-state index is 0.135. The highest BCUT2D eigenvalue weighted by Crippen LogP contribution is 2.31. The summed E-state index contributed by atoms with van der Waals surface area (Å²) >= 11 is 1.49. The molecule has 1 N–H and O–H groups in total. The lowest BCUT2D eigenvalue weighted by Crippen LogP contribution is -2.01. The third-order valence-electron chi connectivity index (χ3n) is 4.95. The van der Waals surface area contributed by atoms with Gasteiger partial charge in [0, 0.05) is 35.9 Å². The van der Waals surface area contributed by atoms with Crippen LogP contribution in [0.2, 0.25) is 0 Å². The lowest BCUT2D eigenvalue weighted by molar-refractivity contribution is 0.415. The van der Waals surface area contributed by atoms with Crippen molar-refractivity contribution in [3.63, 3.8) is 0 Å². The molecule has 0 aliphatic heterocycles. The van der Waals surface area contributed by atoms with Gasteiger partial charge in [0.1, 0.15) is 17.1 Å². The van der Waals surface area contributed by atoms with E-state index in [1.165, 1.54) is 23.9 Å². The molecule has 0 amide bonds. The Bertz CT molecular complexity index is 1260. The number of benzene rings is 2. The van der Waals surface area contributed by atoms with Crippen LogP contribution in [-0.2, 0) is 19.2 Å². The van der Waals surface area contributed by atoms with Gasteiger partial charge in [-0.3, -0.25) is 0 Å². The molecule has 0 saturated heterocycles. The summed E-state index contributed by atoms with van der Waals surface area (Å²) in [5.74, 6) is 2.18. The number of aryl methyl sites for hydroxylation is 1. The van der Waals surface area contributed by atoms with Crippen molar-refractivity contribution in [2.45, 2.75) is 24.3 Å². The number of methoxy groups -OCH3 is 1. The summed E-state index contributed by atoms with van der Waals surface area (Å²) in [6.45, 7) is 1.97. The molecule has 0 atom stereocenters. The van der Waals surface area contributed by atoms with Crippen molar-refractivity contribution in [2.75, 3.05) is 7.11 Å². The number of phenolic OH excluding ortho intramolecular Hbond substituents is 1. The highest BCUT2D eigenvalue weighted by atomic mass is 32.2. The van der Waals surface area contributed by atoms with Crippen LogP contribution in [0.25, 0.3) is 22.4 Å². The van der Waals surface area contributed by atoms with E-state index in [4.69, 9.17) is 9.15 Å². The molecule has 0 fully saturated rings. The molecule has 0 spiro atoms. The van der Waals surface area contributed by atoms with Crippen molar-refractivity contribution in [1.29, 1.82) is 0 Å². The Hall–Kier alpha value is -3.26. The molecule has 0 bridgehead atoms. The van der Waals surface area contributed by atoms with Crippen molar-refractivity contribution in [2.24, 2.45) is 7.05 Å². The molecule has 0 saturated carbocycles. The summed E-state index contributed by atoms with van der Waals surface area (Å²) in [7, 11) is 3.54. The maximum atomic E-state index is 12.0. The van der Waals surface area contributed by atoms with Crippen LogP contribution in [-0.4, -0.2) is 27.0 Å². The van der Waals surface area contributed by atoms with Gasteiger partial charge in [-0.15, -0.1) is 10.2 Å². The Kier molecular flexibility index (Phi) is 5.50. The SMILES string of the molecule is CCc1cc2c(CSc3nnc(-c4ccc(OC)cc4)n3C)cc(=O)oc2cc1O. The predicted molar refractivity (Wildman–Crippen MR) is 116 cm³/mol. The van der Waals surface area contributed by atoms with E-state index in [9.17, 15) is 9.90 Å². The van der Waals surface area contributed by atoms with Crippen LogP contribution in [0.3, 0.4) is 0 Å². The molecule has 0 aliphatic rings. The molecule has 2 aromatic heterocycles. The van der Waals surface area contributed by atoms with Gasteiger partial charge in [-0.05, 0) is 47.9 Å². The predicted octanol–water partition coefficient (Wildman–Crippen LogP) is 4.16. The molecular formula is C22H21N3O4S. The van der Waals surface area contributed by atoms with Crippen molar-refractivity contribution in [1.82, 2.24) is 14.8 Å². The number of hydrogen-bond donors (Lipinski definition) is 1. The van der Waals surface area contributed by atoms with Crippen LogP contribution in [0, 0.1) is 0 Å².